The average Bonchev–Trinajstić information content (AvgIpc) is 3.33. The monoisotopic (exact) mass is 937 g/mol. The van der Waals surface area contributed by atoms with E-state index in [0.717, 1.165) is 96.3 Å². The zero-order valence-corrected chi connectivity index (χ0v) is 44.4. The topological polar surface area (TPSA) is 78.9 Å². The second kappa shape index (κ2) is 55.7. The van der Waals surface area contributed by atoms with Gasteiger partial charge in [-0.1, -0.05) is 223 Å². The van der Waals surface area contributed by atoms with Crippen LogP contribution in [-0.4, -0.2) is 37.2 Å². The highest BCUT2D eigenvalue weighted by Crippen LogP contribution is 2.15. The van der Waals surface area contributed by atoms with Crippen molar-refractivity contribution in [1.82, 2.24) is 0 Å². The second-order valence-corrected chi connectivity index (χ2v) is 19.2. The van der Waals surface area contributed by atoms with E-state index in [-0.39, 0.29) is 31.1 Å². The van der Waals surface area contributed by atoms with Crippen molar-refractivity contribution in [3.8, 4) is 0 Å². The highest BCUT2D eigenvalue weighted by Gasteiger charge is 2.19. The normalized spacial score (nSPS) is 12.5. The lowest BCUT2D eigenvalue weighted by Gasteiger charge is -2.18. The van der Waals surface area contributed by atoms with Gasteiger partial charge in [-0.2, -0.15) is 0 Å². The minimum atomic E-state index is -0.788. The molecule has 0 aliphatic rings. The van der Waals surface area contributed by atoms with Crippen LogP contribution in [0.15, 0.2) is 60.8 Å². The van der Waals surface area contributed by atoms with Gasteiger partial charge in [-0.3, -0.25) is 14.4 Å². The Morgan fingerprint density at radius 1 is 0.299 bits per heavy atom. The maximum Gasteiger partial charge on any atom is 0.306 e. The van der Waals surface area contributed by atoms with Crippen LogP contribution in [0.3, 0.4) is 0 Å². The van der Waals surface area contributed by atoms with Gasteiger partial charge in [0.15, 0.2) is 6.10 Å². The molecule has 1 atom stereocenters. The number of carbonyl (C=O) groups excluding carboxylic acids is 3. The van der Waals surface area contributed by atoms with Crippen molar-refractivity contribution >= 4 is 17.9 Å². The van der Waals surface area contributed by atoms with E-state index >= 15 is 0 Å². The highest BCUT2D eigenvalue weighted by molar-refractivity contribution is 5.71. The van der Waals surface area contributed by atoms with Gasteiger partial charge in [0.1, 0.15) is 13.2 Å². The lowest BCUT2D eigenvalue weighted by atomic mass is 10.1. The maximum atomic E-state index is 12.8. The van der Waals surface area contributed by atoms with E-state index in [1.165, 1.54) is 154 Å². The third kappa shape index (κ3) is 53.9. The predicted octanol–water partition coefficient (Wildman–Crippen LogP) is 19.2. The Kier molecular flexibility index (Phi) is 53.3. The Balaban J connectivity index is 4.38. The summed E-state index contributed by atoms with van der Waals surface area (Å²) in [4.78, 5) is 38.1. The Hall–Kier alpha value is -2.89. The molecule has 0 aromatic heterocycles. The first kappa shape index (κ1) is 64.1. The van der Waals surface area contributed by atoms with E-state index in [0.29, 0.717) is 19.3 Å². The van der Waals surface area contributed by atoms with Gasteiger partial charge in [-0.05, 0) is 109 Å². The van der Waals surface area contributed by atoms with Gasteiger partial charge < -0.3 is 14.2 Å². The van der Waals surface area contributed by atoms with Gasteiger partial charge >= 0.3 is 17.9 Å². The molecule has 0 aromatic carbocycles. The van der Waals surface area contributed by atoms with Crippen molar-refractivity contribution < 1.29 is 28.6 Å². The Bertz CT molecular complexity index is 1210. The molecule has 0 unspecified atom stereocenters. The molecule has 0 heterocycles. The summed E-state index contributed by atoms with van der Waals surface area (Å²) in [7, 11) is 0. The predicted molar refractivity (Wildman–Crippen MR) is 288 cm³/mol. The number of rotatable bonds is 52. The van der Waals surface area contributed by atoms with Crippen molar-refractivity contribution in [3.05, 3.63) is 60.8 Å². The summed E-state index contributed by atoms with van der Waals surface area (Å²) < 4.78 is 16.8. The van der Waals surface area contributed by atoms with Crippen molar-refractivity contribution in [2.45, 2.75) is 297 Å². The van der Waals surface area contributed by atoms with E-state index in [2.05, 4.69) is 81.5 Å². The molecule has 0 aliphatic heterocycles. The fourth-order valence-corrected chi connectivity index (χ4v) is 8.09. The molecule has 0 saturated carbocycles. The Morgan fingerprint density at radius 3 is 0.896 bits per heavy atom. The molecule has 0 bridgehead atoms. The van der Waals surface area contributed by atoms with Crippen LogP contribution in [-0.2, 0) is 28.6 Å². The summed E-state index contributed by atoms with van der Waals surface area (Å²) in [6, 6.07) is 0. The van der Waals surface area contributed by atoms with Gasteiger partial charge in [0.05, 0.1) is 0 Å². The van der Waals surface area contributed by atoms with Gasteiger partial charge in [0.2, 0.25) is 0 Å². The number of hydrogen-bond donors (Lipinski definition) is 0. The van der Waals surface area contributed by atoms with Crippen LogP contribution < -0.4 is 0 Å². The van der Waals surface area contributed by atoms with Crippen LogP contribution >= 0.6 is 0 Å². The minimum absolute atomic E-state index is 0.0849. The number of ether oxygens (including phenoxy) is 3. The highest BCUT2D eigenvalue weighted by atomic mass is 16.6. The van der Waals surface area contributed by atoms with Crippen LogP contribution in [0.2, 0.25) is 0 Å². The fourth-order valence-electron chi connectivity index (χ4n) is 8.09. The summed E-state index contributed by atoms with van der Waals surface area (Å²) in [5.74, 6) is -0.909. The zero-order valence-electron chi connectivity index (χ0n) is 44.4. The summed E-state index contributed by atoms with van der Waals surface area (Å²) >= 11 is 0. The quantitative estimate of drug-likeness (QED) is 0.0262. The van der Waals surface area contributed by atoms with Crippen LogP contribution in [0.4, 0.5) is 0 Å². The summed E-state index contributed by atoms with van der Waals surface area (Å²) in [6.07, 6.45) is 69.2. The first-order valence-corrected chi connectivity index (χ1v) is 28.8. The molecular weight excluding hydrogens is 829 g/mol. The molecule has 6 heteroatoms. The van der Waals surface area contributed by atoms with Crippen molar-refractivity contribution in [2.24, 2.45) is 0 Å². The van der Waals surface area contributed by atoms with E-state index in [1.807, 2.05) is 0 Å². The second-order valence-electron chi connectivity index (χ2n) is 19.2. The Labute approximate surface area is 415 Å². The molecule has 0 spiro atoms. The standard InChI is InChI=1S/C61H108O6/c1-4-7-10-13-16-19-22-25-27-29-30-32-34-37-39-42-45-48-51-54-60(63)66-57-58(67-61(64)55-52-49-46-43-40-35-24-21-18-15-12-9-6-3)56-65-59(62)53-50-47-44-41-38-36-33-31-28-26-23-20-17-14-11-8-5-2/h17,20-21,24-28,33,36,58H,4-16,18-19,22-23,29-32,34-35,37-57H2,1-3H3/b20-17-,24-21-,27-25-,28-26-,36-33-/t58-/m1/s1. The number of allylic oxidation sites excluding steroid dienone is 10. The van der Waals surface area contributed by atoms with Crippen LogP contribution in [0, 0.1) is 0 Å². The molecule has 67 heavy (non-hydrogen) atoms. The third-order valence-electron chi connectivity index (χ3n) is 12.5. The smallest absolute Gasteiger partial charge is 0.306 e. The maximum absolute atomic E-state index is 12.8. The number of carbonyl (C=O) groups is 3. The molecule has 0 aliphatic carbocycles. The molecule has 388 valence electrons. The third-order valence-corrected chi connectivity index (χ3v) is 12.5. The lowest BCUT2D eigenvalue weighted by molar-refractivity contribution is -0.167. The summed E-state index contributed by atoms with van der Waals surface area (Å²) in [5, 5.41) is 0. The SMILES string of the molecule is CCCCC/C=C\C/C=C\C/C=C\CCCCCCC(=O)OC[C@H](COC(=O)CCCCCCCCCCC/C=C\CCCCCCCC)OC(=O)CCCCCCC/C=C\CCCCCC. The number of esters is 3. The molecule has 0 radical (unpaired) electrons. The van der Waals surface area contributed by atoms with Gasteiger partial charge in [-0.25, -0.2) is 0 Å². The van der Waals surface area contributed by atoms with Crippen molar-refractivity contribution in [1.29, 1.82) is 0 Å². The van der Waals surface area contributed by atoms with Gasteiger partial charge in [0, 0.05) is 19.3 Å². The zero-order chi connectivity index (χ0) is 48.6. The fraction of sp³-hybridized carbons (Fsp3) is 0.787. The van der Waals surface area contributed by atoms with Crippen LogP contribution in [0.25, 0.3) is 0 Å². The van der Waals surface area contributed by atoms with Crippen molar-refractivity contribution in [2.75, 3.05) is 13.2 Å². The van der Waals surface area contributed by atoms with E-state index in [4.69, 9.17) is 14.2 Å². The summed E-state index contributed by atoms with van der Waals surface area (Å²) in [5.41, 5.74) is 0. The van der Waals surface area contributed by atoms with Gasteiger partial charge in [-0.15, -0.1) is 0 Å². The number of unbranched alkanes of at least 4 members (excludes halogenated alkanes) is 31. The molecule has 0 fully saturated rings. The molecule has 0 N–H and O–H groups in total. The van der Waals surface area contributed by atoms with Gasteiger partial charge in [0.25, 0.3) is 0 Å². The van der Waals surface area contributed by atoms with Crippen molar-refractivity contribution in [3.63, 3.8) is 0 Å². The molecular formula is C61H108O6. The van der Waals surface area contributed by atoms with E-state index < -0.39 is 6.10 Å². The first-order valence-electron chi connectivity index (χ1n) is 28.8. The summed E-state index contributed by atoms with van der Waals surface area (Å²) in [6.45, 7) is 6.59. The molecule has 0 amide bonds. The molecule has 0 saturated heterocycles. The lowest BCUT2D eigenvalue weighted by Crippen LogP contribution is -2.30. The minimum Gasteiger partial charge on any atom is -0.462 e. The molecule has 0 rings (SSSR count). The van der Waals surface area contributed by atoms with E-state index in [1.54, 1.807) is 0 Å². The average molecular weight is 938 g/mol. The molecule has 0 aromatic rings. The first-order chi connectivity index (χ1) is 33.0. The van der Waals surface area contributed by atoms with Crippen LogP contribution in [0.1, 0.15) is 290 Å². The molecule has 6 nitrogen and oxygen atoms in total. The van der Waals surface area contributed by atoms with Crippen LogP contribution in [0.5, 0.6) is 0 Å². The Morgan fingerprint density at radius 2 is 0.537 bits per heavy atom. The largest absolute Gasteiger partial charge is 0.462 e. The van der Waals surface area contributed by atoms with E-state index in [9.17, 15) is 14.4 Å². The number of hydrogen-bond acceptors (Lipinski definition) is 6.